The SMILES string of the molecule is [2H]C([2H])([2H])c1cc(-c2cccc3c4ccccc4c4ccccc4c4cccc5c4n(c23)[CH-]N5c2[c-]c(Oc3[c-]c4c(cc3)c3ccccc3n4-c3cc(C(C)(C)C)ccn3)ccc2)cc(C(C)(C)C)c1.[Pt]. The molecule has 0 amide bonds. The van der Waals surface area contributed by atoms with Gasteiger partial charge >= 0.3 is 0 Å². The summed E-state index contributed by atoms with van der Waals surface area (Å²) >= 11 is 0. The van der Waals surface area contributed by atoms with Crippen molar-refractivity contribution in [1.82, 2.24) is 14.1 Å². The second kappa shape index (κ2) is 16.7. The molecule has 8 aromatic carbocycles. The summed E-state index contributed by atoms with van der Waals surface area (Å²) in [5.41, 5.74) is 9.49. The van der Waals surface area contributed by atoms with Gasteiger partial charge in [-0.15, -0.1) is 35.7 Å². The average Bonchev–Trinajstić information content (AvgIpc) is 3.92. The number of anilines is 2. The zero-order chi connectivity index (χ0) is 49.0. The standard InChI is InChI=1S/C63H51N4O.Pt/c1-40-33-41(35-43(34-40)63(5,6)7)47-24-15-25-54-50-21-10-8-19-48(50)49-20-9-11-22-51(49)55-26-16-28-57-61(55)66(60(47)54)39-65(57)44-17-14-18-45(37-44)68-46-29-30-53-52-23-12-13-27-56(52)67(58(53)38-46)59-36-42(31-32-64-59)62(2,3)4;/h8-36,39H,1-7H3;/q-3;/i1D3;. The predicted octanol–water partition coefficient (Wildman–Crippen LogP) is 16.8. The van der Waals surface area contributed by atoms with Gasteiger partial charge in [-0.2, -0.15) is 12.1 Å². The van der Waals surface area contributed by atoms with E-state index in [0.717, 1.165) is 99.0 Å². The predicted molar refractivity (Wildman–Crippen MR) is 284 cm³/mol. The summed E-state index contributed by atoms with van der Waals surface area (Å²) in [5, 5.41) is 8.69. The Labute approximate surface area is 422 Å². The molecule has 0 unspecified atom stereocenters. The van der Waals surface area contributed by atoms with Gasteiger partial charge in [0.2, 0.25) is 0 Å². The molecule has 12 rings (SSSR count). The van der Waals surface area contributed by atoms with Gasteiger partial charge in [0.25, 0.3) is 0 Å². The van der Waals surface area contributed by atoms with Crippen LogP contribution in [0.5, 0.6) is 11.5 Å². The smallest absolute Gasteiger partial charge is 0.135 e. The first-order valence-corrected chi connectivity index (χ1v) is 23.3. The van der Waals surface area contributed by atoms with Crippen molar-refractivity contribution in [2.75, 3.05) is 4.90 Å². The van der Waals surface area contributed by atoms with Crippen molar-refractivity contribution in [3.63, 3.8) is 0 Å². The van der Waals surface area contributed by atoms with Crippen molar-refractivity contribution < 1.29 is 29.9 Å². The molecule has 3 aromatic heterocycles. The van der Waals surface area contributed by atoms with Gasteiger partial charge in [0.15, 0.2) is 0 Å². The monoisotopic (exact) mass is 1080 g/mol. The van der Waals surface area contributed by atoms with E-state index in [1.807, 2.05) is 36.5 Å². The van der Waals surface area contributed by atoms with Crippen LogP contribution >= 0.6 is 0 Å². The summed E-state index contributed by atoms with van der Waals surface area (Å²) in [4.78, 5) is 7.05. The van der Waals surface area contributed by atoms with Crippen molar-refractivity contribution in [3.05, 3.63) is 212 Å². The van der Waals surface area contributed by atoms with E-state index in [2.05, 4.69) is 214 Å². The van der Waals surface area contributed by atoms with Gasteiger partial charge in [-0.1, -0.05) is 174 Å². The molecule has 0 aliphatic carbocycles. The largest absolute Gasteiger partial charge is 0.509 e. The third-order valence-corrected chi connectivity index (χ3v) is 13.5. The van der Waals surface area contributed by atoms with E-state index in [-0.39, 0.29) is 31.9 Å². The number of pyridine rings is 1. The molecule has 0 fully saturated rings. The number of aryl methyl sites for hydroxylation is 1. The van der Waals surface area contributed by atoms with Crippen LogP contribution in [-0.2, 0) is 31.9 Å². The van der Waals surface area contributed by atoms with Crippen LogP contribution < -0.4 is 9.64 Å². The van der Waals surface area contributed by atoms with Gasteiger partial charge in [-0.25, -0.2) is 4.98 Å². The zero-order valence-corrected chi connectivity index (χ0v) is 41.6. The van der Waals surface area contributed by atoms with Crippen molar-refractivity contribution in [3.8, 4) is 28.4 Å². The quantitative estimate of drug-likeness (QED) is 0.161. The number of ether oxygens (including phenoxy) is 1. The van der Waals surface area contributed by atoms with E-state index in [4.69, 9.17) is 13.8 Å². The van der Waals surface area contributed by atoms with E-state index in [1.165, 1.54) is 5.56 Å². The van der Waals surface area contributed by atoms with Crippen LogP contribution in [0.2, 0.25) is 0 Å². The molecule has 4 heterocycles. The summed E-state index contributed by atoms with van der Waals surface area (Å²) in [6.07, 6.45) is 1.89. The molecule has 0 radical (unpaired) electrons. The number of aromatic nitrogens is 3. The van der Waals surface area contributed by atoms with Gasteiger partial charge < -0.3 is 18.8 Å². The van der Waals surface area contributed by atoms with Crippen molar-refractivity contribution in [2.24, 2.45) is 0 Å². The van der Waals surface area contributed by atoms with Crippen LogP contribution in [0.3, 0.4) is 0 Å². The Hall–Kier alpha value is -7.33. The zero-order valence-electron chi connectivity index (χ0n) is 42.3. The van der Waals surface area contributed by atoms with Crippen LogP contribution in [0.4, 0.5) is 11.4 Å². The molecule has 342 valence electrons. The maximum absolute atomic E-state index is 8.60. The summed E-state index contributed by atoms with van der Waals surface area (Å²) in [7, 11) is 0. The van der Waals surface area contributed by atoms with E-state index in [9.17, 15) is 0 Å². The molecular weight excluding hydrogens is 1020 g/mol. The van der Waals surface area contributed by atoms with Crippen LogP contribution in [0.25, 0.3) is 82.1 Å². The fraction of sp³-hybridized carbons (Fsp3) is 0.143. The Morgan fingerprint density at radius 1 is 0.551 bits per heavy atom. The maximum atomic E-state index is 8.60. The molecule has 0 bridgehead atoms. The Morgan fingerprint density at radius 2 is 1.17 bits per heavy atom. The number of nitrogens with zero attached hydrogens (tertiary/aromatic N) is 4. The Morgan fingerprint density at radius 3 is 1.88 bits per heavy atom. The number of hydrogen-bond acceptors (Lipinski definition) is 3. The van der Waals surface area contributed by atoms with E-state index in [1.54, 1.807) is 0 Å². The first-order chi connectivity index (χ1) is 34.1. The molecule has 11 aromatic rings. The second-order valence-electron chi connectivity index (χ2n) is 20.0. The van der Waals surface area contributed by atoms with E-state index < -0.39 is 6.85 Å². The van der Waals surface area contributed by atoms with Crippen LogP contribution in [-0.4, -0.2) is 14.1 Å². The number of hydrogen-bond donors (Lipinski definition) is 0. The molecule has 0 N–H and O–H groups in total. The maximum Gasteiger partial charge on any atom is 0.135 e. The van der Waals surface area contributed by atoms with Gasteiger partial charge in [0.1, 0.15) is 5.82 Å². The van der Waals surface area contributed by atoms with Crippen LogP contribution in [0.15, 0.2) is 176 Å². The third kappa shape index (κ3) is 7.52. The average molecular weight is 1080 g/mol. The summed E-state index contributed by atoms with van der Waals surface area (Å²) in [6.45, 7) is 12.9. The van der Waals surface area contributed by atoms with Gasteiger partial charge in [0.05, 0.1) is 0 Å². The summed E-state index contributed by atoms with van der Waals surface area (Å²) in [6, 6.07) is 66.0. The second-order valence-corrected chi connectivity index (χ2v) is 20.0. The molecule has 0 atom stereocenters. The van der Waals surface area contributed by atoms with Crippen molar-refractivity contribution in [2.45, 2.75) is 59.2 Å². The molecule has 0 spiro atoms. The molecule has 5 nitrogen and oxygen atoms in total. The number of rotatable bonds is 5. The topological polar surface area (TPSA) is 35.2 Å². The number of para-hydroxylation sites is 3. The fourth-order valence-corrected chi connectivity index (χ4v) is 10.1. The van der Waals surface area contributed by atoms with Crippen molar-refractivity contribution in [1.29, 1.82) is 0 Å². The van der Waals surface area contributed by atoms with Gasteiger partial charge in [-0.3, -0.25) is 0 Å². The first-order valence-electron chi connectivity index (χ1n) is 24.8. The summed E-state index contributed by atoms with van der Waals surface area (Å²) < 4.78 is 37.0. The Bertz CT molecular complexity index is 4010. The fourth-order valence-electron chi connectivity index (χ4n) is 10.1. The molecule has 1 aliphatic heterocycles. The number of benzene rings is 8. The molecular formula is C63H51N4OPt-3. The van der Waals surface area contributed by atoms with Crippen LogP contribution in [0, 0.1) is 25.7 Å². The van der Waals surface area contributed by atoms with Crippen molar-refractivity contribution >= 4 is 76.5 Å². The minimum absolute atomic E-state index is 0. The summed E-state index contributed by atoms with van der Waals surface area (Å²) in [5.74, 6) is 1.92. The molecule has 0 saturated carbocycles. The molecule has 1 aliphatic rings. The van der Waals surface area contributed by atoms with Gasteiger partial charge in [0, 0.05) is 54.1 Å². The minimum atomic E-state index is -2.30. The normalized spacial score (nSPS) is 13.4. The Kier molecular flexibility index (Phi) is 9.86. The van der Waals surface area contributed by atoms with Gasteiger partial charge in [-0.05, 0) is 120 Å². The van der Waals surface area contributed by atoms with E-state index >= 15 is 0 Å². The molecule has 6 heteroatoms. The van der Waals surface area contributed by atoms with Crippen LogP contribution in [0.1, 0.15) is 62.3 Å². The first kappa shape index (κ1) is 40.7. The Balaban J connectivity index is 0.00000560. The molecule has 69 heavy (non-hydrogen) atoms. The van der Waals surface area contributed by atoms with E-state index in [0.29, 0.717) is 17.1 Å². The molecule has 0 saturated heterocycles. The third-order valence-electron chi connectivity index (χ3n) is 13.5. The number of fused-ring (bicyclic) bond motifs is 10. The minimum Gasteiger partial charge on any atom is -0.509 e.